The molecule has 0 bridgehead atoms. The molecule has 2 amide bonds. The summed E-state index contributed by atoms with van der Waals surface area (Å²) in [6.07, 6.45) is 0.626. The summed E-state index contributed by atoms with van der Waals surface area (Å²) in [5.41, 5.74) is 0.241. The molecule has 0 saturated heterocycles. The van der Waals surface area contributed by atoms with E-state index in [-0.39, 0.29) is 34.7 Å². The Hall–Kier alpha value is -2.03. The van der Waals surface area contributed by atoms with E-state index in [0.29, 0.717) is 5.02 Å². The van der Waals surface area contributed by atoms with Gasteiger partial charge < -0.3 is 10.1 Å². The number of nitrogens with zero attached hydrogens (tertiary/aromatic N) is 3. The predicted octanol–water partition coefficient (Wildman–Crippen LogP) is 3.45. The predicted molar refractivity (Wildman–Crippen MR) is 90.8 cm³/mol. The summed E-state index contributed by atoms with van der Waals surface area (Å²) < 4.78 is 4.70. The number of carbonyl (C=O) groups is 2. The minimum absolute atomic E-state index is 0.156. The van der Waals surface area contributed by atoms with E-state index >= 15 is 0 Å². The van der Waals surface area contributed by atoms with Crippen molar-refractivity contribution in [1.29, 1.82) is 0 Å². The lowest BCUT2D eigenvalue weighted by atomic mass is 10.3. The second kappa shape index (κ2) is 8.18. The van der Waals surface area contributed by atoms with Gasteiger partial charge in [0.25, 0.3) is 0 Å². The maximum Gasteiger partial charge on any atom is 0.412 e. The zero-order valence-electron chi connectivity index (χ0n) is 12.3. The van der Waals surface area contributed by atoms with Gasteiger partial charge in [0.2, 0.25) is 5.91 Å². The number of rotatable bonds is 5. The van der Waals surface area contributed by atoms with Crippen LogP contribution in [0.15, 0.2) is 18.3 Å². The Bertz CT molecular complexity index is 742. The Morgan fingerprint density at radius 3 is 2.50 bits per heavy atom. The third-order valence-electron chi connectivity index (χ3n) is 2.60. The standard InChI is InChI=1S/C13H12Cl3N5O3/c1-2-24-13(23)18-10-5-17-21(20-10)6-11(22)19-12-8(15)3-7(14)4-9(12)16/h3-5H,2,6H2,1H3,(H,19,22)(H,18,20,23). The van der Waals surface area contributed by atoms with Crippen LogP contribution >= 0.6 is 34.8 Å². The summed E-state index contributed by atoms with van der Waals surface area (Å²) in [6, 6.07) is 2.91. The van der Waals surface area contributed by atoms with E-state index in [1.54, 1.807) is 6.92 Å². The number of aromatic nitrogens is 3. The van der Waals surface area contributed by atoms with Crippen molar-refractivity contribution in [3.05, 3.63) is 33.4 Å². The first-order chi connectivity index (χ1) is 11.4. The summed E-state index contributed by atoms with van der Waals surface area (Å²) >= 11 is 17.8. The van der Waals surface area contributed by atoms with E-state index in [1.165, 1.54) is 18.3 Å². The van der Waals surface area contributed by atoms with Gasteiger partial charge in [-0.2, -0.15) is 9.90 Å². The Balaban J connectivity index is 1.98. The van der Waals surface area contributed by atoms with Gasteiger partial charge in [0.15, 0.2) is 5.82 Å². The van der Waals surface area contributed by atoms with E-state index in [4.69, 9.17) is 39.5 Å². The van der Waals surface area contributed by atoms with Crippen molar-refractivity contribution in [2.45, 2.75) is 13.5 Å². The zero-order chi connectivity index (χ0) is 17.7. The lowest BCUT2D eigenvalue weighted by molar-refractivity contribution is -0.117. The van der Waals surface area contributed by atoms with Crippen molar-refractivity contribution in [2.75, 3.05) is 17.2 Å². The molecule has 2 aromatic rings. The van der Waals surface area contributed by atoms with Crippen molar-refractivity contribution >= 4 is 58.3 Å². The van der Waals surface area contributed by atoms with Crippen LogP contribution in [0.3, 0.4) is 0 Å². The first-order valence-electron chi connectivity index (χ1n) is 6.67. The fourth-order valence-corrected chi connectivity index (χ4v) is 2.58. The van der Waals surface area contributed by atoms with Crippen LogP contribution in [0.2, 0.25) is 15.1 Å². The molecular formula is C13H12Cl3N5O3. The number of nitrogens with one attached hydrogen (secondary N) is 2. The summed E-state index contributed by atoms with van der Waals surface area (Å²) in [5, 5.41) is 13.5. The van der Waals surface area contributed by atoms with Crippen molar-refractivity contribution < 1.29 is 14.3 Å². The van der Waals surface area contributed by atoms with E-state index in [9.17, 15) is 9.59 Å². The first-order valence-corrected chi connectivity index (χ1v) is 7.80. The SMILES string of the molecule is CCOC(=O)Nc1cnn(CC(=O)Nc2c(Cl)cc(Cl)cc2Cl)n1. The molecule has 1 aromatic heterocycles. The molecular weight excluding hydrogens is 381 g/mol. The van der Waals surface area contributed by atoms with E-state index in [0.717, 1.165) is 4.80 Å². The Labute approximate surface area is 152 Å². The van der Waals surface area contributed by atoms with Crippen LogP contribution in [0.4, 0.5) is 16.3 Å². The van der Waals surface area contributed by atoms with Crippen molar-refractivity contribution in [1.82, 2.24) is 15.0 Å². The Morgan fingerprint density at radius 1 is 1.21 bits per heavy atom. The van der Waals surface area contributed by atoms with Crippen LogP contribution in [0.25, 0.3) is 0 Å². The van der Waals surface area contributed by atoms with Crippen LogP contribution in [0, 0.1) is 0 Å². The minimum Gasteiger partial charge on any atom is -0.450 e. The highest BCUT2D eigenvalue weighted by Gasteiger charge is 2.13. The number of amides is 2. The number of benzene rings is 1. The van der Waals surface area contributed by atoms with Crippen LogP contribution in [0.5, 0.6) is 0 Å². The van der Waals surface area contributed by atoms with Crippen molar-refractivity contribution in [3.8, 4) is 0 Å². The third-order valence-corrected chi connectivity index (χ3v) is 3.41. The molecule has 0 unspecified atom stereocenters. The topological polar surface area (TPSA) is 98.1 Å². The quantitative estimate of drug-likeness (QED) is 0.812. The average Bonchev–Trinajstić information content (AvgIpc) is 2.90. The molecule has 2 rings (SSSR count). The average molecular weight is 393 g/mol. The molecule has 0 saturated carbocycles. The molecule has 0 aliphatic carbocycles. The van der Waals surface area contributed by atoms with Gasteiger partial charge in [-0.25, -0.2) is 4.79 Å². The van der Waals surface area contributed by atoms with Crippen LogP contribution in [-0.4, -0.2) is 33.6 Å². The molecule has 2 N–H and O–H groups in total. The third kappa shape index (κ3) is 4.98. The zero-order valence-corrected chi connectivity index (χ0v) is 14.6. The fraction of sp³-hybridized carbons (Fsp3) is 0.231. The van der Waals surface area contributed by atoms with Crippen molar-refractivity contribution in [2.24, 2.45) is 0 Å². The maximum atomic E-state index is 12.0. The number of ether oxygens (including phenoxy) is 1. The van der Waals surface area contributed by atoms with Gasteiger partial charge in [-0.15, -0.1) is 5.10 Å². The fourth-order valence-electron chi connectivity index (χ4n) is 1.67. The highest BCUT2D eigenvalue weighted by atomic mass is 35.5. The van der Waals surface area contributed by atoms with Crippen LogP contribution < -0.4 is 10.6 Å². The number of halogens is 3. The molecule has 0 aliphatic heterocycles. The van der Waals surface area contributed by atoms with Crippen LogP contribution in [-0.2, 0) is 16.1 Å². The molecule has 8 nitrogen and oxygen atoms in total. The number of carbonyl (C=O) groups excluding carboxylic acids is 2. The van der Waals surface area contributed by atoms with Gasteiger partial charge in [0, 0.05) is 5.02 Å². The highest BCUT2D eigenvalue weighted by molar-refractivity contribution is 6.42. The summed E-state index contributed by atoms with van der Waals surface area (Å²) in [4.78, 5) is 24.4. The van der Waals surface area contributed by atoms with E-state index in [1.807, 2.05) is 0 Å². The molecule has 0 radical (unpaired) electrons. The molecule has 1 heterocycles. The molecule has 128 valence electrons. The van der Waals surface area contributed by atoms with Crippen molar-refractivity contribution in [3.63, 3.8) is 0 Å². The van der Waals surface area contributed by atoms with Gasteiger partial charge in [0.1, 0.15) is 6.54 Å². The summed E-state index contributed by atoms with van der Waals surface area (Å²) in [7, 11) is 0. The lowest BCUT2D eigenvalue weighted by Gasteiger charge is -2.09. The minimum atomic E-state index is -0.659. The second-order valence-electron chi connectivity index (χ2n) is 4.40. The molecule has 1 aromatic carbocycles. The molecule has 0 atom stereocenters. The lowest BCUT2D eigenvalue weighted by Crippen LogP contribution is -2.21. The Kier molecular flexibility index (Phi) is 6.24. The van der Waals surface area contributed by atoms with Crippen LogP contribution in [0.1, 0.15) is 6.92 Å². The number of hydrogen-bond donors (Lipinski definition) is 2. The second-order valence-corrected chi connectivity index (χ2v) is 5.65. The Morgan fingerprint density at radius 2 is 1.88 bits per heavy atom. The van der Waals surface area contributed by atoms with Gasteiger partial charge in [0.05, 0.1) is 28.5 Å². The largest absolute Gasteiger partial charge is 0.450 e. The maximum absolute atomic E-state index is 12.0. The van der Waals surface area contributed by atoms with Gasteiger partial charge >= 0.3 is 6.09 Å². The molecule has 0 aliphatic rings. The normalized spacial score (nSPS) is 10.3. The summed E-state index contributed by atoms with van der Waals surface area (Å²) in [6.45, 7) is 1.69. The highest BCUT2D eigenvalue weighted by Crippen LogP contribution is 2.33. The monoisotopic (exact) mass is 391 g/mol. The first kappa shape index (κ1) is 18.3. The number of anilines is 2. The van der Waals surface area contributed by atoms with E-state index < -0.39 is 12.0 Å². The molecule has 24 heavy (non-hydrogen) atoms. The van der Waals surface area contributed by atoms with E-state index in [2.05, 4.69) is 20.8 Å². The van der Waals surface area contributed by atoms with Gasteiger partial charge in [-0.3, -0.25) is 10.1 Å². The molecule has 0 fully saturated rings. The number of hydrogen-bond acceptors (Lipinski definition) is 5. The molecule has 0 spiro atoms. The smallest absolute Gasteiger partial charge is 0.412 e. The molecule has 11 heteroatoms. The van der Waals surface area contributed by atoms with Gasteiger partial charge in [-0.05, 0) is 19.1 Å². The summed E-state index contributed by atoms with van der Waals surface area (Å²) in [5.74, 6) is -0.303. The van der Waals surface area contributed by atoms with Gasteiger partial charge in [-0.1, -0.05) is 34.8 Å².